The summed E-state index contributed by atoms with van der Waals surface area (Å²) in [7, 11) is 1.82. The minimum atomic E-state index is -0.909. The number of aliphatic carboxylic acids is 1. The van der Waals surface area contributed by atoms with Gasteiger partial charge in [-0.05, 0) is 38.6 Å². The van der Waals surface area contributed by atoms with Crippen LogP contribution in [0.2, 0.25) is 0 Å². The van der Waals surface area contributed by atoms with Gasteiger partial charge in [0, 0.05) is 23.0 Å². The fraction of sp³-hybridized carbons (Fsp3) is 0.500. The van der Waals surface area contributed by atoms with E-state index in [0.717, 1.165) is 22.2 Å². The number of carboxylic acids is 1. The van der Waals surface area contributed by atoms with Crippen molar-refractivity contribution in [1.82, 2.24) is 4.90 Å². The fourth-order valence-electron chi connectivity index (χ4n) is 2.08. The molecule has 0 aliphatic carbocycles. The second-order valence-corrected chi connectivity index (χ2v) is 6.29. The van der Waals surface area contributed by atoms with E-state index in [2.05, 4.69) is 22.0 Å². The molecule has 0 saturated carbocycles. The topological polar surface area (TPSA) is 49.8 Å². The van der Waals surface area contributed by atoms with Crippen molar-refractivity contribution in [2.24, 2.45) is 0 Å². The van der Waals surface area contributed by atoms with Crippen molar-refractivity contribution < 1.29 is 14.6 Å². The second-order valence-electron chi connectivity index (χ2n) is 5.37. The quantitative estimate of drug-likeness (QED) is 0.923. The SMILES string of the molecule is CN(Cc1cc(Br)cc2c1OCC2)C(C)(C)C(=O)O. The highest BCUT2D eigenvalue weighted by Gasteiger charge is 2.32. The highest BCUT2D eigenvalue weighted by Crippen LogP contribution is 2.34. The average molecular weight is 328 g/mol. The fourth-order valence-corrected chi connectivity index (χ4v) is 2.63. The molecule has 1 aliphatic heterocycles. The van der Waals surface area contributed by atoms with Crippen LogP contribution in [0.25, 0.3) is 0 Å². The first kappa shape index (κ1) is 14.3. The first-order valence-corrected chi connectivity index (χ1v) is 7.00. The molecule has 0 spiro atoms. The molecule has 0 fully saturated rings. The molecular formula is C14H18BrNO3. The van der Waals surface area contributed by atoms with E-state index in [9.17, 15) is 9.90 Å². The minimum absolute atomic E-state index is 0.543. The lowest BCUT2D eigenvalue weighted by molar-refractivity contribution is -0.148. The van der Waals surface area contributed by atoms with Crippen LogP contribution in [0.3, 0.4) is 0 Å². The van der Waals surface area contributed by atoms with Crippen LogP contribution in [-0.2, 0) is 17.8 Å². The number of likely N-dealkylation sites (N-methyl/N-ethyl adjacent to an activating group) is 1. The van der Waals surface area contributed by atoms with Crippen molar-refractivity contribution in [1.29, 1.82) is 0 Å². The number of hydrogen-bond donors (Lipinski definition) is 1. The van der Waals surface area contributed by atoms with Gasteiger partial charge in [0.1, 0.15) is 11.3 Å². The number of ether oxygens (including phenoxy) is 1. The Balaban J connectivity index is 2.27. The van der Waals surface area contributed by atoms with Crippen molar-refractivity contribution in [3.63, 3.8) is 0 Å². The van der Waals surface area contributed by atoms with Crippen LogP contribution in [-0.4, -0.2) is 35.2 Å². The Morgan fingerprint density at radius 2 is 2.21 bits per heavy atom. The summed E-state index contributed by atoms with van der Waals surface area (Å²) < 4.78 is 6.67. The number of carboxylic acid groups (broad SMARTS) is 1. The van der Waals surface area contributed by atoms with E-state index in [4.69, 9.17) is 4.74 Å². The lowest BCUT2D eigenvalue weighted by Gasteiger charge is -2.31. The maximum atomic E-state index is 11.3. The van der Waals surface area contributed by atoms with Gasteiger partial charge in [-0.15, -0.1) is 0 Å². The Kier molecular flexibility index (Phi) is 3.87. The lowest BCUT2D eigenvalue weighted by Crippen LogP contribution is -2.47. The average Bonchev–Trinajstić information content (AvgIpc) is 2.76. The summed E-state index contributed by atoms with van der Waals surface area (Å²) >= 11 is 3.49. The standard InChI is InChI=1S/C14H18BrNO3/c1-14(2,13(17)18)16(3)8-10-7-11(15)6-9-4-5-19-12(9)10/h6-7H,4-5,8H2,1-3H3,(H,17,18). The maximum Gasteiger partial charge on any atom is 0.323 e. The van der Waals surface area contributed by atoms with Gasteiger partial charge in [-0.2, -0.15) is 0 Å². The molecule has 1 aromatic rings. The monoisotopic (exact) mass is 327 g/mol. The second kappa shape index (κ2) is 5.13. The van der Waals surface area contributed by atoms with E-state index in [1.54, 1.807) is 13.8 Å². The summed E-state index contributed by atoms with van der Waals surface area (Å²) in [5, 5.41) is 9.26. The number of halogens is 1. The van der Waals surface area contributed by atoms with Gasteiger partial charge in [-0.3, -0.25) is 9.69 Å². The predicted octanol–water partition coefficient (Wildman–Crippen LogP) is 2.68. The minimum Gasteiger partial charge on any atom is -0.493 e. The van der Waals surface area contributed by atoms with E-state index in [1.165, 1.54) is 5.56 Å². The summed E-state index contributed by atoms with van der Waals surface area (Å²) in [5.74, 6) is 0.0822. The molecule has 0 radical (unpaired) electrons. The third-order valence-corrected chi connectivity index (χ3v) is 4.17. The molecule has 0 atom stereocenters. The van der Waals surface area contributed by atoms with Crippen LogP contribution in [0.15, 0.2) is 16.6 Å². The number of benzene rings is 1. The third kappa shape index (κ3) is 2.77. The van der Waals surface area contributed by atoms with Crippen LogP contribution < -0.4 is 4.74 Å². The zero-order valence-corrected chi connectivity index (χ0v) is 13.0. The van der Waals surface area contributed by atoms with Crippen molar-refractivity contribution in [3.8, 4) is 5.75 Å². The first-order chi connectivity index (χ1) is 8.82. The predicted molar refractivity (Wildman–Crippen MR) is 76.5 cm³/mol. The maximum absolute atomic E-state index is 11.3. The number of hydrogen-bond acceptors (Lipinski definition) is 3. The van der Waals surface area contributed by atoms with E-state index in [1.807, 2.05) is 18.0 Å². The number of nitrogens with zero attached hydrogens (tertiary/aromatic N) is 1. The summed E-state index contributed by atoms with van der Waals surface area (Å²) in [4.78, 5) is 13.1. The molecule has 1 aliphatic rings. The molecular weight excluding hydrogens is 310 g/mol. The van der Waals surface area contributed by atoms with E-state index >= 15 is 0 Å². The molecule has 1 heterocycles. The van der Waals surface area contributed by atoms with Crippen LogP contribution in [0.5, 0.6) is 5.75 Å². The van der Waals surface area contributed by atoms with Crippen molar-refractivity contribution in [3.05, 3.63) is 27.7 Å². The summed E-state index contributed by atoms with van der Waals surface area (Å²) in [6, 6.07) is 4.06. The van der Waals surface area contributed by atoms with Crippen molar-refractivity contribution in [2.75, 3.05) is 13.7 Å². The zero-order valence-electron chi connectivity index (χ0n) is 11.4. The van der Waals surface area contributed by atoms with Crippen LogP contribution >= 0.6 is 15.9 Å². The van der Waals surface area contributed by atoms with Crippen molar-refractivity contribution >= 4 is 21.9 Å². The van der Waals surface area contributed by atoms with E-state index in [0.29, 0.717) is 13.2 Å². The molecule has 5 heteroatoms. The Hall–Kier alpha value is -1.07. The number of carbonyl (C=O) groups is 1. The smallest absolute Gasteiger partial charge is 0.323 e. The van der Waals surface area contributed by atoms with Gasteiger partial charge < -0.3 is 9.84 Å². The molecule has 1 aromatic carbocycles. The Morgan fingerprint density at radius 1 is 1.53 bits per heavy atom. The Bertz CT molecular complexity index is 514. The summed E-state index contributed by atoms with van der Waals surface area (Å²) in [5.41, 5.74) is 1.30. The van der Waals surface area contributed by atoms with Gasteiger partial charge in [-0.1, -0.05) is 15.9 Å². The van der Waals surface area contributed by atoms with Crippen LogP contribution in [0.4, 0.5) is 0 Å². The number of rotatable bonds is 4. The number of fused-ring (bicyclic) bond motifs is 1. The molecule has 1 N–H and O–H groups in total. The van der Waals surface area contributed by atoms with Crippen molar-refractivity contribution in [2.45, 2.75) is 32.4 Å². The van der Waals surface area contributed by atoms with Gasteiger partial charge in [-0.25, -0.2) is 0 Å². The molecule has 2 rings (SSSR count). The van der Waals surface area contributed by atoms with Gasteiger partial charge >= 0.3 is 5.97 Å². The Labute approximate surface area is 121 Å². The summed E-state index contributed by atoms with van der Waals surface area (Å²) in [6.07, 6.45) is 0.911. The Morgan fingerprint density at radius 3 is 2.84 bits per heavy atom. The molecule has 0 unspecified atom stereocenters. The van der Waals surface area contributed by atoms with Crippen LogP contribution in [0.1, 0.15) is 25.0 Å². The molecule has 0 saturated heterocycles. The molecule has 0 aromatic heterocycles. The zero-order chi connectivity index (χ0) is 14.2. The third-order valence-electron chi connectivity index (χ3n) is 3.71. The van der Waals surface area contributed by atoms with E-state index < -0.39 is 11.5 Å². The molecule has 19 heavy (non-hydrogen) atoms. The van der Waals surface area contributed by atoms with Gasteiger partial charge in [0.2, 0.25) is 0 Å². The van der Waals surface area contributed by atoms with Gasteiger partial charge in [0.25, 0.3) is 0 Å². The normalized spacial score (nSPS) is 14.4. The highest BCUT2D eigenvalue weighted by molar-refractivity contribution is 9.10. The molecule has 0 amide bonds. The van der Waals surface area contributed by atoms with Gasteiger partial charge in [0.15, 0.2) is 0 Å². The van der Waals surface area contributed by atoms with Crippen LogP contribution in [0, 0.1) is 0 Å². The first-order valence-electron chi connectivity index (χ1n) is 6.21. The van der Waals surface area contributed by atoms with Gasteiger partial charge in [0.05, 0.1) is 6.61 Å². The van der Waals surface area contributed by atoms with E-state index in [-0.39, 0.29) is 0 Å². The lowest BCUT2D eigenvalue weighted by atomic mass is 10.0. The molecule has 0 bridgehead atoms. The largest absolute Gasteiger partial charge is 0.493 e. The molecule has 4 nitrogen and oxygen atoms in total. The molecule has 104 valence electrons. The summed E-state index contributed by atoms with van der Waals surface area (Å²) in [6.45, 7) is 4.65. The highest BCUT2D eigenvalue weighted by atomic mass is 79.9.